The molecule has 2 rings (SSSR count). The predicted octanol–water partition coefficient (Wildman–Crippen LogP) is 0.256. The second-order valence-electron chi connectivity index (χ2n) is 5.14. The van der Waals surface area contributed by atoms with Crippen LogP contribution in [0.1, 0.15) is 0 Å². The first-order valence-electron chi connectivity index (χ1n) is 6.71. The minimum absolute atomic E-state index is 0.301. The fraction of sp³-hybridized carbons (Fsp3) is 0.571. The molecule has 5 heteroatoms. The van der Waals surface area contributed by atoms with Crippen LogP contribution in [0.15, 0.2) is 24.3 Å². The first-order chi connectivity index (χ1) is 9.13. The van der Waals surface area contributed by atoms with Crippen molar-refractivity contribution in [3.8, 4) is 5.75 Å². The summed E-state index contributed by atoms with van der Waals surface area (Å²) in [5.74, 6) is 0.706. The topological polar surface area (TPSA) is 62.0 Å². The van der Waals surface area contributed by atoms with Crippen molar-refractivity contribution in [1.82, 2.24) is 9.80 Å². The van der Waals surface area contributed by atoms with E-state index in [9.17, 15) is 5.11 Å². The zero-order chi connectivity index (χ0) is 13.7. The molecule has 0 saturated carbocycles. The van der Waals surface area contributed by atoms with E-state index in [1.165, 1.54) is 0 Å². The first kappa shape index (κ1) is 14.1. The van der Waals surface area contributed by atoms with E-state index in [1.807, 2.05) is 18.2 Å². The maximum absolute atomic E-state index is 9.99. The lowest BCUT2D eigenvalue weighted by molar-refractivity contribution is 0.0505. The van der Waals surface area contributed by atoms with Crippen LogP contribution >= 0.6 is 0 Å². The summed E-state index contributed by atoms with van der Waals surface area (Å²) in [5.41, 5.74) is 6.34. The number of nitrogens with zero attached hydrogens (tertiary/aromatic N) is 2. The highest BCUT2D eigenvalue weighted by molar-refractivity contribution is 5.43. The Labute approximate surface area is 114 Å². The normalized spacial score (nSPS) is 19.3. The third-order valence-corrected chi connectivity index (χ3v) is 3.37. The Bertz CT molecular complexity index is 392. The number of aliphatic hydroxyl groups is 1. The van der Waals surface area contributed by atoms with Crippen LogP contribution in [0.4, 0.5) is 5.69 Å². The maximum atomic E-state index is 9.99. The number of ether oxygens (including phenoxy) is 1. The van der Waals surface area contributed by atoms with Gasteiger partial charge in [0.15, 0.2) is 0 Å². The summed E-state index contributed by atoms with van der Waals surface area (Å²) in [4.78, 5) is 4.57. The fourth-order valence-corrected chi connectivity index (χ4v) is 2.18. The summed E-state index contributed by atoms with van der Waals surface area (Å²) < 4.78 is 5.54. The van der Waals surface area contributed by atoms with Crippen molar-refractivity contribution in [2.75, 3.05) is 52.1 Å². The van der Waals surface area contributed by atoms with Crippen LogP contribution in [0.3, 0.4) is 0 Å². The van der Waals surface area contributed by atoms with E-state index in [-0.39, 0.29) is 0 Å². The molecule has 3 N–H and O–H groups in total. The third kappa shape index (κ3) is 4.70. The standard InChI is InChI=1S/C14H23N3O2/c1-16-5-7-17(8-6-16)10-13(18)11-19-14-4-2-3-12(15)9-14/h2-4,9,13,18H,5-8,10-11,15H2,1H3. The summed E-state index contributed by atoms with van der Waals surface area (Å²) in [6, 6.07) is 7.27. The van der Waals surface area contributed by atoms with Crippen molar-refractivity contribution in [2.24, 2.45) is 0 Å². The fourth-order valence-electron chi connectivity index (χ4n) is 2.18. The molecule has 1 aromatic carbocycles. The first-order valence-corrected chi connectivity index (χ1v) is 6.71. The zero-order valence-electron chi connectivity index (χ0n) is 11.5. The highest BCUT2D eigenvalue weighted by atomic mass is 16.5. The summed E-state index contributed by atoms with van der Waals surface area (Å²) in [7, 11) is 2.12. The molecular weight excluding hydrogens is 242 g/mol. The van der Waals surface area contributed by atoms with Gasteiger partial charge in [-0.05, 0) is 19.2 Å². The molecule has 106 valence electrons. The molecule has 1 aromatic rings. The quantitative estimate of drug-likeness (QED) is 0.748. The number of aliphatic hydroxyl groups excluding tert-OH is 1. The van der Waals surface area contributed by atoms with Crippen LogP contribution in [-0.4, -0.2) is 67.4 Å². The molecule has 19 heavy (non-hydrogen) atoms. The number of piperazine rings is 1. The molecule has 1 aliphatic rings. The lowest BCUT2D eigenvalue weighted by Crippen LogP contribution is -2.47. The van der Waals surface area contributed by atoms with Gasteiger partial charge in [-0.15, -0.1) is 0 Å². The van der Waals surface area contributed by atoms with E-state index in [4.69, 9.17) is 10.5 Å². The zero-order valence-corrected chi connectivity index (χ0v) is 11.5. The second-order valence-corrected chi connectivity index (χ2v) is 5.14. The molecule has 1 unspecified atom stereocenters. The monoisotopic (exact) mass is 265 g/mol. The average Bonchev–Trinajstić information content (AvgIpc) is 2.39. The maximum Gasteiger partial charge on any atom is 0.121 e. The number of β-amino-alcohol motifs (C(OH)–C–C–N with tert-alkyl or cyclic N) is 1. The van der Waals surface area contributed by atoms with Gasteiger partial charge in [-0.1, -0.05) is 6.07 Å². The Morgan fingerprint density at radius 2 is 2.05 bits per heavy atom. The number of nitrogens with two attached hydrogens (primary N) is 1. The van der Waals surface area contributed by atoms with E-state index in [2.05, 4.69) is 16.8 Å². The van der Waals surface area contributed by atoms with Crippen LogP contribution in [0, 0.1) is 0 Å². The highest BCUT2D eigenvalue weighted by Crippen LogP contribution is 2.14. The Kier molecular flexibility index (Phi) is 5.01. The molecule has 0 aliphatic carbocycles. The summed E-state index contributed by atoms with van der Waals surface area (Å²) in [5, 5.41) is 9.99. The van der Waals surface area contributed by atoms with Gasteiger partial charge < -0.3 is 20.5 Å². The van der Waals surface area contributed by atoms with Crippen molar-refractivity contribution in [1.29, 1.82) is 0 Å². The summed E-state index contributed by atoms with van der Waals surface area (Å²) >= 11 is 0. The van der Waals surface area contributed by atoms with Crippen LogP contribution < -0.4 is 10.5 Å². The Morgan fingerprint density at radius 1 is 1.32 bits per heavy atom. The van der Waals surface area contributed by atoms with Crippen LogP contribution in [0.5, 0.6) is 5.75 Å². The summed E-state index contributed by atoms with van der Waals surface area (Å²) in [6.45, 7) is 5.09. The van der Waals surface area contributed by atoms with Gasteiger partial charge in [0.25, 0.3) is 0 Å². The van der Waals surface area contributed by atoms with Gasteiger partial charge in [-0.3, -0.25) is 4.90 Å². The number of hydrogen-bond acceptors (Lipinski definition) is 5. The van der Waals surface area contributed by atoms with Crippen molar-refractivity contribution >= 4 is 5.69 Å². The van der Waals surface area contributed by atoms with Gasteiger partial charge >= 0.3 is 0 Å². The van der Waals surface area contributed by atoms with E-state index in [0.29, 0.717) is 24.6 Å². The molecule has 1 atom stereocenters. The number of hydrogen-bond donors (Lipinski definition) is 2. The molecular formula is C14H23N3O2. The number of anilines is 1. The minimum Gasteiger partial charge on any atom is -0.491 e. The minimum atomic E-state index is -0.468. The highest BCUT2D eigenvalue weighted by Gasteiger charge is 2.17. The van der Waals surface area contributed by atoms with Crippen molar-refractivity contribution in [2.45, 2.75) is 6.10 Å². The van der Waals surface area contributed by atoms with E-state index >= 15 is 0 Å². The molecule has 1 saturated heterocycles. The molecule has 0 bridgehead atoms. The lowest BCUT2D eigenvalue weighted by atomic mass is 10.2. The van der Waals surface area contributed by atoms with Gasteiger partial charge in [0.05, 0.1) is 0 Å². The molecule has 0 aromatic heterocycles. The average molecular weight is 265 g/mol. The number of rotatable bonds is 5. The van der Waals surface area contributed by atoms with Crippen molar-refractivity contribution in [3.05, 3.63) is 24.3 Å². The van der Waals surface area contributed by atoms with Crippen molar-refractivity contribution in [3.63, 3.8) is 0 Å². The molecule has 5 nitrogen and oxygen atoms in total. The SMILES string of the molecule is CN1CCN(CC(O)COc2cccc(N)c2)CC1. The number of likely N-dealkylation sites (N-methyl/N-ethyl adjacent to an activating group) is 1. The molecule has 1 fully saturated rings. The molecule has 1 heterocycles. The Morgan fingerprint density at radius 3 is 2.74 bits per heavy atom. The van der Waals surface area contributed by atoms with E-state index in [0.717, 1.165) is 26.2 Å². The van der Waals surface area contributed by atoms with E-state index in [1.54, 1.807) is 6.07 Å². The van der Waals surface area contributed by atoms with Gasteiger partial charge in [0.2, 0.25) is 0 Å². The third-order valence-electron chi connectivity index (χ3n) is 3.37. The Balaban J connectivity index is 1.71. The van der Waals surface area contributed by atoms with Gasteiger partial charge in [-0.25, -0.2) is 0 Å². The smallest absolute Gasteiger partial charge is 0.121 e. The molecule has 0 radical (unpaired) electrons. The van der Waals surface area contributed by atoms with Crippen LogP contribution in [0.2, 0.25) is 0 Å². The predicted molar refractivity (Wildman–Crippen MR) is 76.3 cm³/mol. The number of benzene rings is 1. The second kappa shape index (κ2) is 6.75. The molecule has 1 aliphatic heterocycles. The molecule has 0 amide bonds. The van der Waals surface area contributed by atoms with Gasteiger partial charge in [-0.2, -0.15) is 0 Å². The lowest BCUT2D eigenvalue weighted by Gasteiger charge is -2.33. The van der Waals surface area contributed by atoms with Crippen LogP contribution in [0.25, 0.3) is 0 Å². The Hall–Kier alpha value is -1.30. The van der Waals surface area contributed by atoms with Gasteiger partial charge in [0.1, 0.15) is 18.5 Å². The molecule has 0 spiro atoms. The van der Waals surface area contributed by atoms with Crippen molar-refractivity contribution < 1.29 is 9.84 Å². The van der Waals surface area contributed by atoms with Crippen LogP contribution in [-0.2, 0) is 0 Å². The van der Waals surface area contributed by atoms with Gasteiger partial charge in [0, 0.05) is 44.5 Å². The van der Waals surface area contributed by atoms with E-state index < -0.39 is 6.10 Å². The largest absolute Gasteiger partial charge is 0.491 e. The number of nitrogen functional groups attached to an aromatic ring is 1. The summed E-state index contributed by atoms with van der Waals surface area (Å²) in [6.07, 6.45) is -0.468.